The number of morpholine rings is 1. The molecular weight excluding hydrogens is 496 g/mol. The van der Waals surface area contributed by atoms with Crippen molar-refractivity contribution in [2.45, 2.75) is 31.7 Å². The minimum Gasteiger partial charge on any atom is -0.457 e. The molecule has 0 bridgehead atoms. The van der Waals surface area contributed by atoms with Gasteiger partial charge in [0.15, 0.2) is 5.13 Å². The van der Waals surface area contributed by atoms with Crippen LogP contribution in [0.5, 0.6) is 11.5 Å². The third-order valence-corrected chi connectivity index (χ3v) is 8.03. The van der Waals surface area contributed by atoms with E-state index in [1.54, 1.807) is 17.5 Å². The summed E-state index contributed by atoms with van der Waals surface area (Å²) in [4.78, 5) is 23.8. The Morgan fingerprint density at radius 3 is 2.68 bits per heavy atom. The number of nitrogens with zero attached hydrogens (tertiary/aromatic N) is 3. The first-order chi connectivity index (χ1) is 18.6. The van der Waals surface area contributed by atoms with E-state index in [4.69, 9.17) is 14.5 Å². The molecule has 2 aromatic heterocycles. The Morgan fingerprint density at radius 2 is 1.87 bits per heavy atom. The average Bonchev–Trinajstić information content (AvgIpc) is 3.36. The number of hydrogen-bond acceptors (Lipinski definition) is 7. The quantitative estimate of drug-likeness (QED) is 0.288. The molecule has 1 amide bonds. The number of pyridine rings is 1. The molecule has 4 aromatic rings. The summed E-state index contributed by atoms with van der Waals surface area (Å²) in [6.07, 6.45) is 6.39. The molecule has 3 heterocycles. The summed E-state index contributed by atoms with van der Waals surface area (Å²) in [7, 11) is 0. The van der Waals surface area contributed by atoms with Crippen molar-refractivity contribution in [1.29, 1.82) is 0 Å². The molecule has 2 fully saturated rings. The number of carbonyl (C=O) groups excluding carboxylic acids is 1. The van der Waals surface area contributed by atoms with E-state index in [9.17, 15) is 4.79 Å². The number of nitrogens with one attached hydrogen (secondary N) is 1. The molecule has 1 N–H and O–H groups in total. The maximum Gasteiger partial charge on any atom is 0.254 e. The van der Waals surface area contributed by atoms with Crippen molar-refractivity contribution >= 4 is 32.6 Å². The molecule has 1 saturated carbocycles. The summed E-state index contributed by atoms with van der Waals surface area (Å²) in [5.74, 6) is 1.48. The lowest BCUT2D eigenvalue weighted by atomic mass is 9.91. The molecule has 2 aromatic carbocycles. The molecule has 194 valence electrons. The van der Waals surface area contributed by atoms with Crippen molar-refractivity contribution in [1.82, 2.24) is 14.9 Å². The summed E-state index contributed by atoms with van der Waals surface area (Å²) in [5, 5.41) is 4.50. The van der Waals surface area contributed by atoms with Gasteiger partial charge in [0.2, 0.25) is 0 Å². The van der Waals surface area contributed by atoms with Gasteiger partial charge < -0.3 is 19.7 Å². The van der Waals surface area contributed by atoms with Crippen LogP contribution in [0, 0.1) is 0 Å². The zero-order valence-electron chi connectivity index (χ0n) is 21.2. The van der Waals surface area contributed by atoms with Gasteiger partial charge >= 0.3 is 0 Å². The van der Waals surface area contributed by atoms with Crippen LogP contribution in [0.2, 0.25) is 0 Å². The molecule has 7 nitrogen and oxygen atoms in total. The lowest BCUT2D eigenvalue weighted by molar-refractivity contribution is 0.0303. The number of thiazole rings is 1. The summed E-state index contributed by atoms with van der Waals surface area (Å²) in [5.41, 5.74) is 4.60. The van der Waals surface area contributed by atoms with Crippen molar-refractivity contribution in [3.05, 3.63) is 78.5 Å². The standard InChI is InChI=1S/C30H30N4O3S/c1-20-4-2-3-5-25(20)32-30-33-26-11-10-23(19-28(26)38-30)37-24-12-13-31-27(18-24)21-6-8-22(9-7-21)29(35)34-14-16-36-17-15-34/h6-13,18-19,25H,1-5,14-17H2,(H,32,33)/t25-/m1/s1. The first-order valence-electron chi connectivity index (χ1n) is 13.1. The van der Waals surface area contributed by atoms with Gasteiger partial charge in [-0.15, -0.1) is 0 Å². The normalized spacial score (nSPS) is 17.9. The number of hydrogen-bond donors (Lipinski definition) is 1. The number of ether oxygens (including phenoxy) is 2. The van der Waals surface area contributed by atoms with E-state index in [1.807, 2.05) is 59.5 Å². The number of amides is 1. The van der Waals surface area contributed by atoms with Crippen molar-refractivity contribution < 1.29 is 14.3 Å². The molecule has 0 spiro atoms. The smallest absolute Gasteiger partial charge is 0.254 e. The van der Waals surface area contributed by atoms with Crippen LogP contribution in [0.15, 0.2) is 72.9 Å². The summed E-state index contributed by atoms with van der Waals surface area (Å²) < 4.78 is 12.6. The highest BCUT2D eigenvalue weighted by atomic mass is 32.1. The maximum atomic E-state index is 12.7. The monoisotopic (exact) mass is 526 g/mol. The predicted molar refractivity (Wildman–Crippen MR) is 151 cm³/mol. The predicted octanol–water partition coefficient (Wildman–Crippen LogP) is 6.53. The zero-order valence-corrected chi connectivity index (χ0v) is 22.0. The van der Waals surface area contributed by atoms with E-state index in [0.717, 1.165) is 45.2 Å². The number of fused-ring (bicyclic) bond motifs is 1. The average molecular weight is 527 g/mol. The molecule has 1 atom stereocenters. The summed E-state index contributed by atoms with van der Waals surface area (Å²) in [6.45, 7) is 6.67. The number of rotatable bonds is 6. The Bertz CT molecular complexity index is 1460. The van der Waals surface area contributed by atoms with Crippen LogP contribution < -0.4 is 10.1 Å². The Balaban J connectivity index is 1.15. The first kappa shape index (κ1) is 24.6. The maximum absolute atomic E-state index is 12.7. The van der Waals surface area contributed by atoms with Crippen molar-refractivity contribution in [2.24, 2.45) is 0 Å². The number of anilines is 1. The van der Waals surface area contributed by atoms with Crippen molar-refractivity contribution in [3.63, 3.8) is 0 Å². The summed E-state index contributed by atoms with van der Waals surface area (Å²) >= 11 is 1.64. The van der Waals surface area contributed by atoms with Gasteiger partial charge in [-0.2, -0.15) is 0 Å². The Kier molecular flexibility index (Phi) is 7.07. The second-order valence-corrected chi connectivity index (χ2v) is 10.7. The van der Waals surface area contributed by atoms with Gasteiger partial charge in [-0.3, -0.25) is 9.78 Å². The molecule has 1 aliphatic carbocycles. The highest BCUT2D eigenvalue weighted by Crippen LogP contribution is 2.34. The lowest BCUT2D eigenvalue weighted by Crippen LogP contribution is -2.40. The van der Waals surface area contributed by atoms with Crippen LogP contribution in [0.25, 0.3) is 21.5 Å². The molecule has 0 unspecified atom stereocenters. The molecule has 6 rings (SSSR count). The summed E-state index contributed by atoms with van der Waals surface area (Å²) in [6, 6.07) is 17.6. The van der Waals surface area contributed by atoms with Gasteiger partial charge in [0.25, 0.3) is 5.91 Å². The molecule has 8 heteroatoms. The number of aromatic nitrogens is 2. The van der Waals surface area contributed by atoms with Crippen LogP contribution >= 0.6 is 11.3 Å². The van der Waals surface area contributed by atoms with Crippen molar-refractivity contribution in [3.8, 4) is 22.8 Å². The first-order valence-corrected chi connectivity index (χ1v) is 13.9. The number of carbonyl (C=O) groups is 1. The van der Waals surface area contributed by atoms with E-state index in [-0.39, 0.29) is 5.91 Å². The van der Waals surface area contributed by atoms with E-state index < -0.39 is 0 Å². The SMILES string of the molecule is C=C1CCCC[C@H]1Nc1nc2ccc(Oc3ccnc(-c4ccc(C(=O)N5CCOCC5)cc4)c3)cc2s1. The Morgan fingerprint density at radius 1 is 1.05 bits per heavy atom. The van der Waals surface area contributed by atoms with E-state index in [0.29, 0.717) is 43.7 Å². The number of benzene rings is 2. The third-order valence-electron chi connectivity index (χ3n) is 7.08. The molecule has 1 aliphatic heterocycles. The van der Waals surface area contributed by atoms with E-state index in [1.165, 1.54) is 18.4 Å². The molecular formula is C30H30N4O3S. The van der Waals surface area contributed by atoms with Crippen LogP contribution in [0.4, 0.5) is 5.13 Å². The van der Waals surface area contributed by atoms with E-state index >= 15 is 0 Å². The zero-order chi connectivity index (χ0) is 25.9. The van der Waals surface area contributed by atoms with Gasteiger partial charge in [-0.1, -0.05) is 42.0 Å². The minimum absolute atomic E-state index is 0.0328. The van der Waals surface area contributed by atoms with Crippen LogP contribution in [-0.4, -0.2) is 53.1 Å². The molecule has 1 saturated heterocycles. The van der Waals surface area contributed by atoms with Crippen LogP contribution in [0.3, 0.4) is 0 Å². The van der Waals surface area contributed by atoms with Gasteiger partial charge in [0, 0.05) is 48.6 Å². The molecule has 0 radical (unpaired) electrons. The van der Waals surface area contributed by atoms with Gasteiger partial charge in [-0.25, -0.2) is 4.98 Å². The van der Waals surface area contributed by atoms with Crippen LogP contribution in [-0.2, 0) is 4.74 Å². The van der Waals surface area contributed by atoms with Gasteiger partial charge in [0.05, 0.1) is 29.1 Å². The van der Waals surface area contributed by atoms with Gasteiger partial charge in [0.1, 0.15) is 11.5 Å². The second kappa shape index (κ2) is 10.9. The highest BCUT2D eigenvalue weighted by molar-refractivity contribution is 7.22. The van der Waals surface area contributed by atoms with Gasteiger partial charge in [-0.05, 0) is 49.6 Å². The molecule has 2 aliphatic rings. The fourth-order valence-electron chi connectivity index (χ4n) is 4.93. The largest absolute Gasteiger partial charge is 0.457 e. The fraction of sp³-hybridized carbons (Fsp3) is 0.300. The van der Waals surface area contributed by atoms with E-state index in [2.05, 4.69) is 16.9 Å². The topological polar surface area (TPSA) is 76.6 Å². The minimum atomic E-state index is 0.0328. The molecule has 38 heavy (non-hydrogen) atoms. The lowest BCUT2D eigenvalue weighted by Gasteiger charge is -2.26. The fourth-order valence-corrected chi connectivity index (χ4v) is 5.88. The Hall–Kier alpha value is -3.75. The van der Waals surface area contributed by atoms with Crippen LogP contribution in [0.1, 0.15) is 36.0 Å². The van der Waals surface area contributed by atoms with Crippen molar-refractivity contribution in [2.75, 3.05) is 31.6 Å². The highest BCUT2D eigenvalue weighted by Gasteiger charge is 2.19. The Labute approximate surface area is 226 Å². The second-order valence-electron chi connectivity index (χ2n) is 9.71. The third kappa shape index (κ3) is 5.42.